The van der Waals surface area contributed by atoms with Gasteiger partial charge in [0.05, 0.1) is 0 Å². The number of rotatable bonds is 1. The summed E-state index contributed by atoms with van der Waals surface area (Å²) in [4.78, 5) is 6.86. The van der Waals surface area contributed by atoms with Crippen molar-refractivity contribution in [3.8, 4) is 0 Å². The summed E-state index contributed by atoms with van der Waals surface area (Å²) in [6, 6.07) is 0.690. The number of aliphatic imine (C=N–C) groups is 1. The summed E-state index contributed by atoms with van der Waals surface area (Å²) in [5, 5.41) is 4.54. The molecule has 2 rings (SSSR count). The van der Waals surface area contributed by atoms with E-state index in [4.69, 9.17) is 0 Å². The molecule has 12 heavy (non-hydrogen) atoms. The summed E-state index contributed by atoms with van der Waals surface area (Å²) in [6.07, 6.45) is 1.25. The van der Waals surface area contributed by atoms with Crippen LogP contribution in [0.25, 0.3) is 0 Å². The third kappa shape index (κ3) is 1.59. The molecule has 0 spiro atoms. The number of thioether (sulfide) groups is 1. The highest BCUT2D eigenvalue weighted by atomic mass is 32.2. The molecule has 4 heteroatoms. The van der Waals surface area contributed by atoms with Crippen LogP contribution in [0.3, 0.4) is 0 Å². The van der Waals surface area contributed by atoms with Gasteiger partial charge in [-0.05, 0) is 13.5 Å². The first kappa shape index (κ1) is 8.38. The standard InChI is InChI=1S/C8H15N3S/c1-9-7-5-11(6-7)8-10-3-2-4-12-8/h7,9H,2-6H2,1H3. The average Bonchev–Trinajstić information content (AvgIpc) is 2.04. The zero-order valence-corrected chi connectivity index (χ0v) is 8.23. The fourth-order valence-corrected chi connectivity index (χ4v) is 2.43. The van der Waals surface area contributed by atoms with Gasteiger partial charge in [-0.3, -0.25) is 4.99 Å². The van der Waals surface area contributed by atoms with Crippen molar-refractivity contribution in [1.29, 1.82) is 0 Å². The second kappa shape index (κ2) is 3.66. The van der Waals surface area contributed by atoms with Crippen LogP contribution >= 0.6 is 11.8 Å². The van der Waals surface area contributed by atoms with Gasteiger partial charge in [-0.2, -0.15) is 0 Å². The third-order valence-electron chi connectivity index (χ3n) is 2.34. The molecule has 0 unspecified atom stereocenters. The van der Waals surface area contributed by atoms with E-state index in [-0.39, 0.29) is 0 Å². The molecule has 0 bridgehead atoms. The Morgan fingerprint density at radius 1 is 1.58 bits per heavy atom. The predicted octanol–water partition coefficient (Wildman–Crippen LogP) is 0.383. The van der Waals surface area contributed by atoms with Crippen LogP contribution < -0.4 is 5.32 Å². The van der Waals surface area contributed by atoms with Crippen molar-refractivity contribution in [3.63, 3.8) is 0 Å². The van der Waals surface area contributed by atoms with Gasteiger partial charge < -0.3 is 10.2 Å². The maximum Gasteiger partial charge on any atom is 0.159 e. The van der Waals surface area contributed by atoms with Gasteiger partial charge >= 0.3 is 0 Å². The fraction of sp³-hybridized carbons (Fsp3) is 0.875. The van der Waals surface area contributed by atoms with Crippen molar-refractivity contribution in [2.45, 2.75) is 12.5 Å². The number of nitrogens with one attached hydrogen (secondary N) is 1. The van der Waals surface area contributed by atoms with Crippen molar-refractivity contribution >= 4 is 16.9 Å². The maximum atomic E-state index is 4.50. The number of hydrogen-bond donors (Lipinski definition) is 1. The minimum Gasteiger partial charge on any atom is -0.348 e. The molecule has 2 heterocycles. The lowest BCUT2D eigenvalue weighted by atomic mass is 10.1. The maximum absolute atomic E-state index is 4.50. The number of hydrogen-bond acceptors (Lipinski definition) is 4. The molecule has 0 atom stereocenters. The lowest BCUT2D eigenvalue weighted by Crippen LogP contribution is -2.58. The van der Waals surface area contributed by atoms with Gasteiger partial charge in [0.25, 0.3) is 0 Å². The summed E-state index contributed by atoms with van der Waals surface area (Å²) in [5.41, 5.74) is 0. The van der Waals surface area contributed by atoms with Gasteiger partial charge in [-0.1, -0.05) is 11.8 Å². The molecule has 2 aliphatic rings. The molecule has 0 radical (unpaired) electrons. The second-order valence-electron chi connectivity index (χ2n) is 3.26. The SMILES string of the molecule is CNC1CN(C2=NCCCS2)C1. The summed E-state index contributed by atoms with van der Waals surface area (Å²) in [5.74, 6) is 1.25. The Bertz CT molecular complexity index is 187. The average molecular weight is 185 g/mol. The highest BCUT2D eigenvalue weighted by Gasteiger charge is 2.28. The normalized spacial score (nSPS) is 25.1. The number of likely N-dealkylation sites (N-methyl/N-ethyl adjacent to an activating group) is 1. The molecule has 1 fully saturated rings. The van der Waals surface area contributed by atoms with E-state index in [2.05, 4.69) is 15.2 Å². The Morgan fingerprint density at radius 3 is 3.00 bits per heavy atom. The van der Waals surface area contributed by atoms with Gasteiger partial charge in [0.1, 0.15) is 0 Å². The molecule has 1 N–H and O–H groups in total. The summed E-state index contributed by atoms with van der Waals surface area (Å²) in [6.45, 7) is 3.31. The Hall–Kier alpha value is -0.220. The van der Waals surface area contributed by atoms with Gasteiger partial charge in [0, 0.05) is 31.4 Å². The molecule has 1 saturated heterocycles. The molecular weight excluding hydrogens is 170 g/mol. The first-order chi connectivity index (χ1) is 5.90. The van der Waals surface area contributed by atoms with Crippen molar-refractivity contribution in [2.75, 3.05) is 32.4 Å². The molecule has 3 nitrogen and oxygen atoms in total. The zero-order valence-electron chi connectivity index (χ0n) is 7.42. The smallest absolute Gasteiger partial charge is 0.159 e. The molecule has 68 valence electrons. The van der Waals surface area contributed by atoms with E-state index in [0.717, 1.165) is 19.6 Å². The van der Waals surface area contributed by atoms with Crippen molar-refractivity contribution < 1.29 is 0 Å². The minimum absolute atomic E-state index is 0.690. The molecule has 2 aliphatic heterocycles. The predicted molar refractivity (Wildman–Crippen MR) is 53.8 cm³/mol. The van der Waals surface area contributed by atoms with E-state index in [1.807, 2.05) is 18.8 Å². The third-order valence-corrected chi connectivity index (χ3v) is 3.48. The largest absolute Gasteiger partial charge is 0.348 e. The van der Waals surface area contributed by atoms with Crippen molar-refractivity contribution in [1.82, 2.24) is 10.2 Å². The van der Waals surface area contributed by atoms with Gasteiger partial charge in [0.2, 0.25) is 0 Å². The number of likely N-dealkylation sites (tertiary alicyclic amines) is 1. The van der Waals surface area contributed by atoms with E-state index in [1.54, 1.807) is 0 Å². The van der Waals surface area contributed by atoms with E-state index >= 15 is 0 Å². The van der Waals surface area contributed by atoms with Crippen LogP contribution in [-0.2, 0) is 0 Å². The second-order valence-corrected chi connectivity index (χ2v) is 4.32. The van der Waals surface area contributed by atoms with E-state index in [9.17, 15) is 0 Å². The van der Waals surface area contributed by atoms with Crippen molar-refractivity contribution in [2.24, 2.45) is 4.99 Å². The number of amidine groups is 1. The first-order valence-corrected chi connectivity index (χ1v) is 5.48. The lowest BCUT2D eigenvalue weighted by molar-refractivity contribution is 0.229. The summed E-state index contributed by atoms with van der Waals surface area (Å²) >= 11 is 1.91. The molecule has 0 aromatic rings. The summed E-state index contributed by atoms with van der Waals surface area (Å²) < 4.78 is 0. The van der Waals surface area contributed by atoms with Gasteiger partial charge in [-0.25, -0.2) is 0 Å². The quantitative estimate of drug-likeness (QED) is 0.640. The topological polar surface area (TPSA) is 27.6 Å². The summed E-state index contributed by atoms with van der Waals surface area (Å²) in [7, 11) is 2.03. The highest BCUT2D eigenvalue weighted by molar-refractivity contribution is 8.13. The Balaban J connectivity index is 1.83. The Kier molecular flexibility index (Phi) is 2.56. The molecule has 0 aliphatic carbocycles. The van der Waals surface area contributed by atoms with Crippen LogP contribution in [0.15, 0.2) is 4.99 Å². The van der Waals surface area contributed by atoms with Crippen LogP contribution in [0.4, 0.5) is 0 Å². The van der Waals surface area contributed by atoms with Gasteiger partial charge in [-0.15, -0.1) is 0 Å². The van der Waals surface area contributed by atoms with Crippen LogP contribution in [0.1, 0.15) is 6.42 Å². The van der Waals surface area contributed by atoms with Gasteiger partial charge in [0.15, 0.2) is 5.17 Å². The molecule has 0 aromatic heterocycles. The van der Waals surface area contributed by atoms with Crippen LogP contribution in [0.5, 0.6) is 0 Å². The van der Waals surface area contributed by atoms with Crippen LogP contribution in [0.2, 0.25) is 0 Å². The number of nitrogens with zero attached hydrogens (tertiary/aromatic N) is 2. The Morgan fingerprint density at radius 2 is 2.42 bits per heavy atom. The van der Waals surface area contributed by atoms with Crippen molar-refractivity contribution in [3.05, 3.63) is 0 Å². The van der Waals surface area contributed by atoms with E-state index in [1.165, 1.54) is 17.3 Å². The zero-order chi connectivity index (χ0) is 8.39. The molecule has 0 aromatic carbocycles. The minimum atomic E-state index is 0.690. The van der Waals surface area contributed by atoms with E-state index in [0.29, 0.717) is 6.04 Å². The van der Waals surface area contributed by atoms with E-state index < -0.39 is 0 Å². The fourth-order valence-electron chi connectivity index (χ4n) is 1.46. The van der Waals surface area contributed by atoms with Crippen LogP contribution in [0, 0.1) is 0 Å². The molecular formula is C8H15N3S. The van der Waals surface area contributed by atoms with Crippen LogP contribution in [-0.4, -0.2) is 48.5 Å². The molecule has 0 saturated carbocycles. The first-order valence-electron chi connectivity index (χ1n) is 4.49. The monoisotopic (exact) mass is 185 g/mol. The lowest BCUT2D eigenvalue weighted by Gasteiger charge is -2.41. The Labute approximate surface area is 77.6 Å². The highest BCUT2D eigenvalue weighted by Crippen LogP contribution is 2.20. The molecule has 0 amide bonds.